The Morgan fingerprint density at radius 1 is 1.00 bits per heavy atom. The average Bonchev–Trinajstić information content (AvgIpc) is 3.96. The van der Waals surface area contributed by atoms with E-state index in [0.29, 0.717) is 88.2 Å². The molecule has 6 heterocycles. The SMILES string of the molecule is CCOP(=O)(OCC)[C@H](C)NC(=O)[C@@]1(O)[C@H](O)[C@]2(CC)C=CCN3CC[C@@]4(c5cc([C@@]6(C(=O)OC)C[C@@H]7CN(CCc8c6[nH]c6ccccc86)C[C@](O)(CC)C7)c(OC)cc5N(C)[C@@H]14)[C@@H]32. The van der Waals surface area contributed by atoms with Gasteiger partial charge in [0.2, 0.25) is 0 Å². The third kappa shape index (κ3) is 6.42. The number of esters is 1. The molecule has 0 radical (unpaired) electrons. The minimum absolute atomic E-state index is 0.0745. The number of methoxy groups -OCH3 is 2. The van der Waals surface area contributed by atoms with Crippen LogP contribution >= 0.6 is 7.60 Å². The zero-order chi connectivity index (χ0) is 46.5. The number of nitrogens with one attached hydrogen (secondary N) is 2. The summed E-state index contributed by atoms with van der Waals surface area (Å²) >= 11 is 0. The van der Waals surface area contributed by atoms with Crippen molar-refractivity contribution in [2.75, 3.05) is 72.1 Å². The lowest BCUT2D eigenvalue weighted by molar-refractivity contribution is -0.203. The van der Waals surface area contributed by atoms with E-state index in [2.05, 4.69) is 32.2 Å². The van der Waals surface area contributed by atoms with Gasteiger partial charge in [-0.2, -0.15) is 0 Å². The molecule has 354 valence electrons. The minimum Gasteiger partial charge on any atom is -0.496 e. The molecule has 2 saturated heterocycles. The highest BCUT2D eigenvalue weighted by Crippen LogP contribution is 2.68. The maximum atomic E-state index is 15.4. The molecule has 65 heavy (non-hydrogen) atoms. The third-order valence-electron chi connectivity index (χ3n) is 16.6. The van der Waals surface area contributed by atoms with Gasteiger partial charge >= 0.3 is 13.6 Å². The van der Waals surface area contributed by atoms with Crippen LogP contribution in [0.5, 0.6) is 5.75 Å². The maximum absolute atomic E-state index is 15.4. The van der Waals surface area contributed by atoms with Gasteiger partial charge in [0, 0.05) is 84.0 Å². The van der Waals surface area contributed by atoms with Gasteiger partial charge in [-0.3, -0.25) is 24.0 Å². The number of carbonyl (C=O) groups is 2. The number of hydrogen-bond donors (Lipinski definition) is 5. The smallest absolute Gasteiger partial charge is 0.352 e. The van der Waals surface area contributed by atoms with E-state index in [-0.39, 0.29) is 25.2 Å². The molecule has 15 nitrogen and oxygen atoms in total. The number of anilines is 1. The summed E-state index contributed by atoms with van der Waals surface area (Å²) in [5.41, 5.74) is -2.23. The molecule has 2 bridgehead atoms. The normalized spacial score (nSPS) is 35.6. The Morgan fingerprint density at radius 3 is 2.42 bits per heavy atom. The van der Waals surface area contributed by atoms with Gasteiger partial charge in [0.25, 0.3) is 5.91 Å². The highest BCUT2D eigenvalue weighted by molar-refractivity contribution is 7.54. The number of rotatable bonds is 12. The van der Waals surface area contributed by atoms with Gasteiger partial charge in [0.1, 0.15) is 23.1 Å². The number of aromatic amines is 1. The Bertz CT molecular complexity index is 2440. The van der Waals surface area contributed by atoms with Crippen LogP contribution in [-0.2, 0) is 45.2 Å². The molecule has 6 aliphatic rings. The Hall–Kier alpha value is -3.79. The van der Waals surface area contributed by atoms with Crippen molar-refractivity contribution in [2.45, 2.75) is 119 Å². The predicted molar refractivity (Wildman–Crippen MR) is 247 cm³/mol. The van der Waals surface area contributed by atoms with Crippen LogP contribution in [0.1, 0.15) is 89.1 Å². The fraction of sp³-hybridized carbons (Fsp3) is 0.633. The van der Waals surface area contributed by atoms with Crippen LogP contribution in [0.4, 0.5) is 5.69 Å². The molecule has 5 N–H and O–H groups in total. The van der Waals surface area contributed by atoms with Gasteiger partial charge in [0.15, 0.2) is 5.60 Å². The van der Waals surface area contributed by atoms with E-state index in [0.717, 1.165) is 27.7 Å². The summed E-state index contributed by atoms with van der Waals surface area (Å²) in [4.78, 5) is 41.0. The lowest BCUT2D eigenvalue weighted by Gasteiger charge is -2.63. The first-order chi connectivity index (χ1) is 31.0. The summed E-state index contributed by atoms with van der Waals surface area (Å²) < 4.78 is 37.7. The number of carbonyl (C=O) groups excluding carboxylic acids is 2. The molecule has 1 aromatic heterocycles. The third-order valence-corrected chi connectivity index (χ3v) is 19.0. The van der Waals surface area contributed by atoms with Crippen molar-refractivity contribution >= 4 is 36.1 Å². The van der Waals surface area contributed by atoms with E-state index in [1.54, 1.807) is 21.0 Å². The fourth-order valence-electron chi connectivity index (χ4n) is 14.0. The number of likely N-dealkylation sites (N-methyl/N-ethyl adjacent to an activating group) is 1. The minimum atomic E-state index is -3.90. The van der Waals surface area contributed by atoms with Gasteiger partial charge in [-0.15, -0.1) is 0 Å². The summed E-state index contributed by atoms with van der Waals surface area (Å²) in [7, 11) is 0.955. The van der Waals surface area contributed by atoms with Crippen molar-refractivity contribution in [2.24, 2.45) is 11.3 Å². The molecule has 1 saturated carbocycles. The van der Waals surface area contributed by atoms with Crippen LogP contribution in [0.25, 0.3) is 10.9 Å². The van der Waals surface area contributed by atoms with Crippen molar-refractivity contribution in [1.29, 1.82) is 0 Å². The van der Waals surface area contributed by atoms with E-state index in [1.807, 2.05) is 62.2 Å². The zero-order valence-corrected chi connectivity index (χ0v) is 40.1. The van der Waals surface area contributed by atoms with Gasteiger partial charge in [-0.05, 0) is 95.0 Å². The Morgan fingerprint density at radius 2 is 1.74 bits per heavy atom. The monoisotopic (exact) mass is 917 g/mol. The second-order valence-electron chi connectivity index (χ2n) is 19.7. The molecule has 16 heteroatoms. The largest absolute Gasteiger partial charge is 0.496 e. The second kappa shape index (κ2) is 16.5. The molecule has 2 aromatic carbocycles. The van der Waals surface area contributed by atoms with Crippen molar-refractivity contribution in [3.8, 4) is 5.75 Å². The van der Waals surface area contributed by atoms with E-state index < -0.39 is 64.8 Å². The summed E-state index contributed by atoms with van der Waals surface area (Å²) in [5.74, 6) is -2.20. The number of aliphatic hydroxyl groups excluding tert-OH is 1. The van der Waals surface area contributed by atoms with Crippen LogP contribution < -0.4 is 15.0 Å². The second-order valence-corrected chi connectivity index (χ2v) is 22.0. The first-order valence-corrected chi connectivity index (χ1v) is 25.2. The molecule has 1 amide bonds. The number of amides is 1. The summed E-state index contributed by atoms with van der Waals surface area (Å²) in [6.45, 7) is 12.2. The predicted octanol–water partition coefficient (Wildman–Crippen LogP) is 4.98. The van der Waals surface area contributed by atoms with Crippen LogP contribution in [0.3, 0.4) is 0 Å². The molecule has 3 fully saturated rings. The van der Waals surface area contributed by atoms with Crippen LogP contribution in [0.2, 0.25) is 0 Å². The molecule has 3 aromatic rings. The highest BCUT2D eigenvalue weighted by Gasteiger charge is 2.79. The number of aromatic nitrogens is 1. The van der Waals surface area contributed by atoms with E-state index in [4.69, 9.17) is 18.5 Å². The van der Waals surface area contributed by atoms with E-state index in [1.165, 1.54) is 14.0 Å². The molecule has 11 atom stereocenters. The maximum Gasteiger partial charge on any atom is 0.352 e. The molecule has 1 aliphatic carbocycles. The van der Waals surface area contributed by atoms with Crippen LogP contribution in [0, 0.1) is 11.3 Å². The number of para-hydroxylation sites is 1. The lowest BCUT2D eigenvalue weighted by atomic mass is 9.47. The Kier molecular flexibility index (Phi) is 11.7. The number of hydrogen-bond acceptors (Lipinski definition) is 13. The zero-order valence-electron chi connectivity index (χ0n) is 39.2. The van der Waals surface area contributed by atoms with Gasteiger partial charge in [-0.25, -0.2) is 0 Å². The summed E-state index contributed by atoms with van der Waals surface area (Å²) in [6.07, 6.45) is 5.32. The summed E-state index contributed by atoms with van der Waals surface area (Å²) in [6, 6.07) is 10.7. The van der Waals surface area contributed by atoms with Crippen molar-refractivity contribution in [3.63, 3.8) is 0 Å². The standard InChI is InChI=1S/C49H68N5O10P/c1-9-45(58)26-31-27-48(44(57)62-8,39-33(18-22-53(28-31)29-45)32-16-13-14-17-36(32)51-39)35-24-34-37(25-38(35)61-7)52(6)41-47(34)20-23-54-21-15-19-46(10-2,40(47)54)42(55)49(41,59)43(56)50-30(5)65(60,63-11-3)64-12-4/h13-17,19,24-25,30-31,40-42,51,55,58-59H,9-12,18,20-23,26-29H2,1-8H3,(H,50,56)/t30-,31-,40+,41-,42-,45+,46-,47-,48+,49+/m1/s1. The number of H-pyrrole nitrogens is 1. The molecule has 1 spiro atoms. The van der Waals surface area contributed by atoms with Crippen molar-refractivity contribution in [3.05, 3.63) is 70.9 Å². The summed E-state index contributed by atoms with van der Waals surface area (Å²) in [5, 5.41) is 42.4. The van der Waals surface area contributed by atoms with Crippen LogP contribution in [0.15, 0.2) is 48.6 Å². The van der Waals surface area contributed by atoms with E-state index in [9.17, 15) is 19.9 Å². The van der Waals surface area contributed by atoms with Crippen molar-refractivity contribution in [1.82, 2.24) is 20.1 Å². The Balaban J connectivity index is 1.30. The first kappa shape index (κ1) is 46.3. The topological polar surface area (TPSA) is 186 Å². The van der Waals surface area contributed by atoms with Crippen LogP contribution in [-0.4, -0.2) is 144 Å². The first-order valence-electron chi connectivity index (χ1n) is 23.6. The molecular weight excluding hydrogens is 850 g/mol. The van der Waals surface area contributed by atoms with Gasteiger partial charge < -0.3 is 49.0 Å². The van der Waals surface area contributed by atoms with Crippen molar-refractivity contribution < 1.29 is 48.0 Å². The van der Waals surface area contributed by atoms with E-state index >= 15 is 9.59 Å². The fourth-order valence-corrected chi connectivity index (χ4v) is 15.6. The molecule has 1 unspecified atom stereocenters. The number of benzene rings is 2. The lowest BCUT2D eigenvalue weighted by Crippen LogP contribution is -2.82. The quantitative estimate of drug-likeness (QED) is 0.0933. The molecular formula is C49H68N5O10P. The highest BCUT2D eigenvalue weighted by atomic mass is 31.2. The molecule has 9 rings (SSSR count). The van der Waals surface area contributed by atoms with Gasteiger partial charge in [0.05, 0.1) is 39.1 Å². The average molecular weight is 918 g/mol. The van der Waals surface area contributed by atoms with Gasteiger partial charge in [-0.1, -0.05) is 44.2 Å². The number of fused-ring (bicyclic) bond motifs is 6. The molecule has 5 aliphatic heterocycles. The number of nitrogens with zero attached hydrogens (tertiary/aromatic N) is 3. The number of piperidine rings is 1. The Labute approximate surface area is 382 Å². The number of aliphatic hydroxyl groups is 3. The number of ether oxygens (including phenoxy) is 2.